The number of aryl methyl sites for hydroxylation is 3. The number of carbonyl (C=O) groups is 1. The molecule has 0 bridgehead atoms. The second-order valence-corrected chi connectivity index (χ2v) is 24.9. The molecule has 4 aromatic carbocycles. The van der Waals surface area contributed by atoms with Gasteiger partial charge in [-0.3, -0.25) is 10.6 Å². The number of nitrogens with two attached hydrogens (primary N) is 1. The van der Waals surface area contributed by atoms with Crippen molar-refractivity contribution in [1.29, 1.82) is 0 Å². The summed E-state index contributed by atoms with van der Waals surface area (Å²) in [4.78, 5) is 14.0. The topological polar surface area (TPSA) is 135 Å². The number of hydrogen-bond acceptors (Lipinski definition) is 9. The average molecular weight is 1250 g/mol. The van der Waals surface area contributed by atoms with E-state index >= 15 is 0 Å². The summed E-state index contributed by atoms with van der Waals surface area (Å²) in [6.45, 7) is 1.93. The maximum Gasteiger partial charge on any atom is 0.154 e. The van der Waals surface area contributed by atoms with Crippen LogP contribution in [0.15, 0.2) is 96.8 Å². The molecule has 356 valence electrons. The highest BCUT2D eigenvalue weighted by molar-refractivity contribution is 9.11. The molecule has 66 heavy (non-hydrogen) atoms. The van der Waals surface area contributed by atoms with Crippen molar-refractivity contribution in [3.63, 3.8) is 0 Å². The first-order chi connectivity index (χ1) is 31.2. The van der Waals surface area contributed by atoms with Crippen molar-refractivity contribution in [2.24, 2.45) is 19.9 Å². The van der Waals surface area contributed by atoms with Crippen molar-refractivity contribution in [1.82, 2.24) is 14.1 Å². The van der Waals surface area contributed by atoms with Crippen molar-refractivity contribution in [2.45, 2.75) is 56.3 Å². The Labute approximate surface area is 441 Å². The van der Waals surface area contributed by atoms with Crippen LogP contribution in [0.5, 0.6) is 0 Å². The summed E-state index contributed by atoms with van der Waals surface area (Å²) in [6.07, 6.45) is 4.64. The zero-order valence-electron chi connectivity index (χ0n) is 37.1. The highest BCUT2D eigenvalue weighted by Crippen LogP contribution is 2.36. The molecule has 0 unspecified atom stereocenters. The number of fused-ring (bicyclic) bond motifs is 9. The van der Waals surface area contributed by atoms with Crippen LogP contribution >= 0.6 is 111 Å². The van der Waals surface area contributed by atoms with Gasteiger partial charge in [0, 0.05) is 136 Å². The van der Waals surface area contributed by atoms with Gasteiger partial charge in [0.1, 0.15) is 5.78 Å². The number of aliphatic hydroxyl groups excluding tert-OH is 1. The SMILES string of the molecule is Brc1ccc2[nH]c3c(c2c1)CSCC3.CCO.Cl.Cn1c2c(c3cc(Br)ccc31)CS(=O)(=O)CC2.Cn1c2c(c3cc(Br)ccc31)CSCC2.NNc1ccc(Br)cc1.O=C1CCSCC1. The van der Waals surface area contributed by atoms with Crippen LogP contribution in [-0.2, 0) is 65.2 Å². The number of nitrogen functional groups attached to an aromatic ring is 1. The molecule has 0 amide bonds. The predicted octanol–water partition coefficient (Wildman–Crippen LogP) is 13.1. The van der Waals surface area contributed by atoms with Gasteiger partial charge in [-0.1, -0.05) is 63.7 Å². The highest BCUT2D eigenvalue weighted by Gasteiger charge is 2.27. The summed E-state index contributed by atoms with van der Waals surface area (Å²) in [6, 6.07) is 26.7. The number of aliphatic hydroxyl groups is 1. The number of ketones is 1. The number of rotatable bonds is 1. The average Bonchev–Trinajstić information content (AvgIpc) is 3.90. The maximum absolute atomic E-state index is 11.7. The van der Waals surface area contributed by atoms with Crippen molar-refractivity contribution in [2.75, 3.05) is 40.8 Å². The molecule has 0 radical (unpaired) electrons. The van der Waals surface area contributed by atoms with Crippen LogP contribution in [0.3, 0.4) is 0 Å². The Hall–Kier alpha value is -1.90. The number of carbonyl (C=O) groups excluding carboxylic acids is 1. The molecule has 4 aliphatic heterocycles. The fraction of sp³-hybridized carbons (Fsp3) is 0.354. The van der Waals surface area contributed by atoms with E-state index in [4.69, 9.17) is 10.9 Å². The molecular formula is C48H56Br4ClN5O4S4. The fourth-order valence-electron chi connectivity index (χ4n) is 8.09. The lowest BCUT2D eigenvalue weighted by molar-refractivity contribution is -0.118. The number of aromatic amines is 1. The van der Waals surface area contributed by atoms with E-state index in [2.05, 4.69) is 127 Å². The van der Waals surface area contributed by atoms with Gasteiger partial charge >= 0.3 is 0 Å². The van der Waals surface area contributed by atoms with Crippen molar-refractivity contribution < 1.29 is 18.3 Å². The van der Waals surface area contributed by atoms with E-state index in [-0.39, 0.29) is 30.5 Å². The normalized spacial score (nSPS) is 15.5. The lowest BCUT2D eigenvalue weighted by atomic mass is 10.1. The number of benzene rings is 4. The van der Waals surface area contributed by atoms with E-state index in [1.165, 1.54) is 77.8 Å². The third-order valence-corrected chi connectivity index (χ3v) is 17.8. The molecule has 1 saturated heterocycles. The zero-order chi connectivity index (χ0) is 46.7. The summed E-state index contributed by atoms with van der Waals surface area (Å²) in [5.41, 5.74) is 15.4. The molecular weight excluding hydrogens is 1190 g/mol. The van der Waals surface area contributed by atoms with Crippen molar-refractivity contribution in [3.05, 3.63) is 131 Å². The van der Waals surface area contributed by atoms with Gasteiger partial charge in [-0.2, -0.15) is 35.3 Å². The number of anilines is 1. The molecule has 1 fully saturated rings. The van der Waals surface area contributed by atoms with Crippen LogP contribution in [-0.4, -0.2) is 68.8 Å². The first-order valence-corrected chi connectivity index (χ1v) is 29.8. The van der Waals surface area contributed by atoms with E-state index < -0.39 is 9.84 Å². The monoisotopic (exact) mass is 1240 g/mol. The number of Topliss-reactive ketones (excluding diaryl/α,β-unsaturated/α-hetero) is 1. The van der Waals surface area contributed by atoms with Gasteiger partial charge in [0.25, 0.3) is 0 Å². The van der Waals surface area contributed by atoms with Crippen LogP contribution in [0.1, 0.15) is 53.5 Å². The molecule has 3 aromatic heterocycles. The first-order valence-electron chi connectivity index (χ1n) is 21.3. The lowest BCUT2D eigenvalue weighted by Crippen LogP contribution is -2.19. The van der Waals surface area contributed by atoms with Gasteiger partial charge < -0.3 is 24.7 Å². The number of thioether (sulfide) groups is 3. The Balaban J connectivity index is 0.000000156. The smallest absolute Gasteiger partial charge is 0.154 e. The molecule has 0 saturated carbocycles. The molecule has 0 atom stereocenters. The van der Waals surface area contributed by atoms with Crippen molar-refractivity contribution in [3.8, 4) is 0 Å². The maximum atomic E-state index is 11.7. The third-order valence-electron chi connectivity index (χ3n) is 11.3. The van der Waals surface area contributed by atoms with E-state index in [1.54, 1.807) is 12.5 Å². The zero-order valence-corrected chi connectivity index (χ0v) is 47.5. The number of aromatic nitrogens is 3. The second-order valence-electron chi connectivity index (χ2n) is 15.6. The summed E-state index contributed by atoms with van der Waals surface area (Å²) in [5, 5.41) is 11.4. The molecule has 7 aromatic rings. The summed E-state index contributed by atoms with van der Waals surface area (Å²) in [5.74, 6) is 13.0. The largest absolute Gasteiger partial charge is 0.397 e. The molecule has 0 aliphatic carbocycles. The van der Waals surface area contributed by atoms with E-state index in [9.17, 15) is 13.2 Å². The van der Waals surface area contributed by atoms with E-state index in [0.29, 0.717) is 12.2 Å². The van der Waals surface area contributed by atoms with Crippen LogP contribution < -0.4 is 11.3 Å². The molecule has 4 aliphatic rings. The number of H-pyrrole nitrogens is 1. The Bertz CT molecular complexity index is 2840. The van der Waals surface area contributed by atoms with E-state index in [0.717, 1.165) is 66.9 Å². The third kappa shape index (κ3) is 14.6. The van der Waals surface area contributed by atoms with Crippen LogP contribution in [0, 0.1) is 0 Å². The lowest BCUT2D eigenvalue weighted by Gasteiger charge is -2.14. The Morgan fingerprint density at radius 1 is 0.667 bits per heavy atom. The Kier molecular flexibility index (Phi) is 22.0. The minimum Gasteiger partial charge on any atom is -0.397 e. The first kappa shape index (κ1) is 55.0. The van der Waals surface area contributed by atoms with Crippen LogP contribution in [0.4, 0.5) is 5.69 Å². The van der Waals surface area contributed by atoms with Gasteiger partial charge in [-0.15, -0.1) is 12.4 Å². The Morgan fingerprint density at radius 2 is 1.15 bits per heavy atom. The highest BCUT2D eigenvalue weighted by atomic mass is 79.9. The quantitative estimate of drug-likeness (QED) is 0.0936. The molecule has 0 spiro atoms. The predicted molar refractivity (Wildman–Crippen MR) is 302 cm³/mol. The second kappa shape index (κ2) is 26.3. The number of hydrogen-bond donors (Lipinski definition) is 4. The number of nitrogens with zero attached hydrogens (tertiary/aromatic N) is 2. The molecule has 11 rings (SSSR count). The van der Waals surface area contributed by atoms with Crippen molar-refractivity contribution >= 4 is 165 Å². The minimum atomic E-state index is -2.92. The van der Waals surface area contributed by atoms with Gasteiger partial charge in [-0.25, -0.2) is 8.42 Å². The van der Waals surface area contributed by atoms with Gasteiger partial charge in [-0.05, 0) is 127 Å². The standard InChI is InChI=1S/C12H12BrNO2S.C12H12BrNS.C11H10BrNS.C6H7BrN2.C5H8OS.C2H6O.ClH/c1-14-11-3-2-8(13)6-9(11)10-7-17(15,16)5-4-12(10)14;1-14-11-3-2-8(13)6-9(11)10-7-15-5-4-12(10)14;12-7-1-2-10-8(5-7)9-6-14-4-3-11(9)13-10;7-5-1-3-6(9-8)4-2-5;6-5-1-3-7-4-2-5;1-2-3;/h2-3,6H,4-5,7H2,1H3;2-3,6H,4-5,7H2,1H3;1-2,5,13H,3-4,6H2;1-4,9H,8H2;1-4H2;3H,2H2,1H3;1H. The van der Waals surface area contributed by atoms with Gasteiger partial charge in [0.05, 0.1) is 11.5 Å². The summed E-state index contributed by atoms with van der Waals surface area (Å²) >= 11 is 19.8. The molecule has 5 N–H and O–H groups in total. The van der Waals surface area contributed by atoms with Gasteiger partial charge in [0.2, 0.25) is 0 Å². The summed E-state index contributed by atoms with van der Waals surface area (Å²) < 4.78 is 32.3. The number of sulfone groups is 1. The number of hydrazine groups is 1. The van der Waals surface area contributed by atoms with Gasteiger partial charge in [0.15, 0.2) is 9.84 Å². The number of nitrogens with one attached hydrogen (secondary N) is 2. The van der Waals surface area contributed by atoms with Crippen LogP contribution in [0.25, 0.3) is 32.7 Å². The molecule has 18 heteroatoms. The minimum absolute atomic E-state index is 0. The fourth-order valence-corrected chi connectivity index (χ4v) is 13.8. The van der Waals surface area contributed by atoms with Crippen LogP contribution in [0.2, 0.25) is 0 Å². The molecule has 7 heterocycles. The Morgan fingerprint density at radius 3 is 1.71 bits per heavy atom. The number of halogens is 5. The summed E-state index contributed by atoms with van der Waals surface area (Å²) in [7, 11) is 1.28. The van der Waals surface area contributed by atoms with E-state index in [1.807, 2.05) is 84.8 Å². The molecule has 9 nitrogen and oxygen atoms in total.